The van der Waals surface area contributed by atoms with Gasteiger partial charge in [-0.1, -0.05) is 43.3 Å². The fraction of sp³-hybridized carbons (Fsp3) is 0.300. The standard InChI is InChI=1S/C20H23N3O3/c1-4-8-14(2)19-21-23-12-11-16(24)18(17(23)20(25)22(19)3)26-13-15-9-6-5-7-10-15/h4-7,9-12,14,19,21H,1,8,13H2,2-3H3. The van der Waals surface area contributed by atoms with Crippen LogP contribution in [0.3, 0.4) is 0 Å². The molecule has 0 radical (unpaired) electrons. The second-order valence-electron chi connectivity index (χ2n) is 6.49. The van der Waals surface area contributed by atoms with E-state index in [9.17, 15) is 9.59 Å². The van der Waals surface area contributed by atoms with Crippen LogP contribution in [0.4, 0.5) is 0 Å². The van der Waals surface area contributed by atoms with Crippen LogP contribution in [0.2, 0.25) is 0 Å². The van der Waals surface area contributed by atoms with Crippen LogP contribution in [0.25, 0.3) is 0 Å². The van der Waals surface area contributed by atoms with Crippen LogP contribution in [0, 0.1) is 5.92 Å². The van der Waals surface area contributed by atoms with E-state index in [-0.39, 0.29) is 41.5 Å². The highest BCUT2D eigenvalue weighted by Gasteiger charge is 2.35. The Morgan fingerprint density at radius 3 is 2.69 bits per heavy atom. The monoisotopic (exact) mass is 353 g/mol. The van der Waals surface area contributed by atoms with Crippen molar-refractivity contribution in [2.75, 3.05) is 12.5 Å². The van der Waals surface area contributed by atoms with Crippen molar-refractivity contribution in [2.24, 2.45) is 5.92 Å². The third kappa shape index (κ3) is 3.35. The van der Waals surface area contributed by atoms with Crippen molar-refractivity contribution < 1.29 is 9.53 Å². The molecule has 2 aromatic rings. The zero-order valence-electron chi connectivity index (χ0n) is 15.0. The summed E-state index contributed by atoms with van der Waals surface area (Å²) in [6, 6.07) is 10.9. The number of amides is 1. The van der Waals surface area contributed by atoms with E-state index in [1.54, 1.807) is 22.8 Å². The lowest BCUT2D eigenvalue weighted by molar-refractivity contribution is 0.0635. The summed E-state index contributed by atoms with van der Waals surface area (Å²) in [5.74, 6) is -0.0105. The SMILES string of the molecule is C=CCC(C)C1Nn2ccc(=O)c(OCc3ccccc3)c2C(=O)N1C. The Hall–Kier alpha value is -3.02. The Morgan fingerprint density at radius 1 is 1.27 bits per heavy atom. The fourth-order valence-electron chi connectivity index (χ4n) is 3.12. The van der Waals surface area contributed by atoms with E-state index in [4.69, 9.17) is 4.74 Å². The summed E-state index contributed by atoms with van der Waals surface area (Å²) < 4.78 is 7.34. The predicted octanol–water partition coefficient (Wildman–Crippen LogP) is 2.59. The summed E-state index contributed by atoms with van der Waals surface area (Å²) in [5, 5.41) is 0. The fourth-order valence-corrected chi connectivity index (χ4v) is 3.12. The number of hydrogen-bond donors (Lipinski definition) is 1. The lowest BCUT2D eigenvalue weighted by Crippen LogP contribution is -2.55. The van der Waals surface area contributed by atoms with Gasteiger partial charge in [-0.2, -0.15) is 0 Å². The van der Waals surface area contributed by atoms with E-state index < -0.39 is 0 Å². The van der Waals surface area contributed by atoms with Crippen molar-refractivity contribution in [1.82, 2.24) is 9.58 Å². The summed E-state index contributed by atoms with van der Waals surface area (Å²) in [6.45, 7) is 6.03. The average Bonchev–Trinajstić information content (AvgIpc) is 2.65. The largest absolute Gasteiger partial charge is 0.482 e. The van der Waals surface area contributed by atoms with Gasteiger partial charge in [-0.25, -0.2) is 0 Å². The maximum absolute atomic E-state index is 12.9. The first-order valence-corrected chi connectivity index (χ1v) is 8.60. The zero-order valence-corrected chi connectivity index (χ0v) is 15.0. The predicted molar refractivity (Wildman–Crippen MR) is 101 cm³/mol. The van der Waals surface area contributed by atoms with Crippen LogP contribution in [0.1, 0.15) is 29.4 Å². The van der Waals surface area contributed by atoms with Crippen molar-refractivity contribution in [3.8, 4) is 5.75 Å². The molecule has 6 nitrogen and oxygen atoms in total. The number of aromatic nitrogens is 1. The number of carbonyl (C=O) groups excluding carboxylic acids is 1. The van der Waals surface area contributed by atoms with Crippen LogP contribution >= 0.6 is 0 Å². The molecule has 0 spiro atoms. The molecule has 2 heterocycles. The van der Waals surface area contributed by atoms with Gasteiger partial charge in [-0.05, 0) is 17.9 Å². The molecule has 1 amide bonds. The van der Waals surface area contributed by atoms with Gasteiger partial charge in [0.15, 0.2) is 11.4 Å². The molecule has 2 atom stereocenters. The number of allylic oxidation sites excluding steroid dienone is 1. The van der Waals surface area contributed by atoms with Crippen LogP contribution in [-0.2, 0) is 6.61 Å². The summed E-state index contributed by atoms with van der Waals surface area (Å²) in [4.78, 5) is 26.9. The highest BCUT2D eigenvalue weighted by atomic mass is 16.5. The zero-order chi connectivity index (χ0) is 18.7. The minimum Gasteiger partial charge on any atom is -0.482 e. The number of benzene rings is 1. The summed E-state index contributed by atoms with van der Waals surface area (Å²) in [7, 11) is 1.72. The molecule has 0 aliphatic carbocycles. The third-order valence-corrected chi connectivity index (χ3v) is 4.57. The van der Waals surface area contributed by atoms with Gasteiger partial charge < -0.3 is 15.1 Å². The molecule has 136 valence electrons. The number of rotatable bonds is 6. The van der Waals surface area contributed by atoms with E-state index in [0.717, 1.165) is 12.0 Å². The molecule has 26 heavy (non-hydrogen) atoms. The van der Waals surface area contributed by atoms with Crippen molar-refractivity contribution in [1.29, 1.82) is 0 Å². The lowest BCUT2D eigenvalue weighted by Gasteiger charge is -2.39. The van der Waals surface area contributed by atoms with E-state index >= 15 is 0 Å². The summed E-state index contributed by atoms with van der Waals surface area (Å²) in [5.41, 5.74) is 4.12. The van der Waals surface area contributed by atoms with Crippen molar-refractivity contribution in [3.05, 3.63) is 76.7 Å². The van der Waals surface area contributed by atoms with Crippen molar-refractivity contribution in [2.45, 2.75) is 26.1 Å². The number of fused-ring (bicyclic) bond motifs is 1. The maximum Gasteiger partial charge on any atom is 0.277 e. The Bertz CT molecular complexity index is 860. The van der Waals surface area contributed by atoms with Gasteiger partial charge in [0.2, 0.25) is 5.43 Å². The van der Waals surface area contributed by atoms with Gasteiger partial charge in [0.1, 0.15) is 12.8 Å². The molecule has 1 N–H and O–H groups in total. The summed E-state index contributed by atoms with van der Waals surface area (Å²) in [6.07, 6.45) is 3.98. The lowest BCUT2D eigenvalue weighted by atomic mass is 10.0. The van der Waals surface area contributed by atoms with Gasteiger partial charge >= 0.3 is 0 Å². The van der Waals surface area contributed by atoms with Crippen LogP contribution < -0.4 is 15.6 Å². The Balaban J connectivity index is 1.92. The topological polar surface area (TPSA) is 63.6 Å². The smallest absolute Gasteiger partial charge is 0.277 e. The molecule has 1 aliphatic rings. The number of carbonyl (C=O) groups is 1. The molecular weight excluding hydrogens is 330 g/mol. The van der Waals surface area contributed by atoms with Crippen molar-refractivity contribution >= 4 is 5.91 Å². The maximum atomic E-state index is 12.9. The highest BCUT2D eigenvalue weighted by molar-refractivity contribution is 5.96. The molecule has 0 bridgehead atoms. The molecule has 1 aromatic carbocycles. The number of nitrogens with one attached hydrogen (secondary N) is 1. The van der Waals surface area contributed by atoms with Gasteiger partial charge in [0.25, 0.3) is 5.91 Å². The van der Waals surface area contributed by atoms with Crippen LogP contribution in [0.5, 0.6) is 5.75 Å². The molecule has 0 saturated carbocycles. The Labute approximate surface area is 152 Å². The van der Waals surface area contributed by atoms with Gasteiger partial charge in [0, 0.05) is 19.3 Å². The van der Waals surface area contributed by atoms with Gasteiger partial charge in [-0.3, -0.25) is 14.3 Å². The minimum atomic E-state index is -0.312. The second kappa shape index (κ2) is 7.47. The molecule has 2 unspecified atom stereocenters. The quantitative estimate of drug-likeness (QED) is 0.811. The van der Waals surface area contributed by atoms with E-state index in [0.29, 0.717) is 0 Å². The number of nitrogens with zero attached hydrogens (tertiary/aromatic N) is 2. The number of hydrogen-bond acceptors (Lipinski definition) is 4. The Morgan fingerprint density at radius 2 is 2.00 bits per heavy atom. The summed E-state index contributed by atoms with van der Waals surface area (Å²) >= 11 is 0. The minimum absolute atomic E-state index is 0.0653. The second-order valence-corrected chi connectivity index (χ2v) is 6.49. The Kier molecular flexibility index (Phi) is 5.11. The molecule has 0 saturated heterocycles. The number of ether oxygens (including phenoxy) is 1. The molecular formula is C20H23N3O3. The normalized spacial score (nSPS) is 17.2. The average molecular weight is 353 g/mol. The molecule has 3 rings (SSSR count). The van der Waals surface area contributed by atoms with E-state index in [1.807, 2.05) is 43.3 Å². The van der Waals surface area contributed by atoms with Crippen LogP contribution in [-0.4, -0.2) is 28.7 Å². The molecule has 1 aliphatic heterocycles. The first kappa shape index (κ1) is 17.8. The first-order valence-electron chi connectivity index (χ1n) is 8.60. The van der Waals surface area contributed by atoms with Gasteiger partial charge in [0.05, 0.1) is 0 Å². The molecule has 6 heteroatoms. The number of pyridine rings is 1. The van der Waals surface area contributed by atoms with Crippen molar-refractivity contribution in [3.63, 3.8) is 0 Å². The van der Waals surface area contributed by atoms with Crippen LogP contribution in [0.15, 0.2) is 60.0 Å². The van der Waals surface area contributed by atoms with E-state index in [1.165, 1.54) is 6.07 Å². The first-order chi connectivity index (χ1) is 12.5. The third-order valence-electron chi connectivity index (χ3n) is 4.57. The van der Waals surface area contributed by atoms with Gasteiger partial charge in [-0.15, -0.1) is 6.58 Å². The highest BCUT2D eigenvalue weighted by Crippen LogP contribution is 2.24. The molecule has 1 aromatic heterocycles. The molecule has 0 fully saturated rings. The van der Waals surface area contributed by atoms with E-state index in [2.05, 4.69) is 12.0 Å².